The lowest BCUT2D eigenvalue weighted by molar-refractivity contribution is 0.959. The van der Waals surface area contributed by atoms with Gasteiger partial charge in [-0.3, -0.25) is 0 Å². The van der Waals surface area contributed by atoms with Gasteiger partial charge in [0.25, 0.3) is 0 Å². The maximum absolute atomic E-state index is 5.78. The van der Waals surface area contributed by atoms with Gasteiger partial charge in [-0.2, -0.15) is 0 Å². The molecule has 3 aromatic carbocycles. The van der Waals surface area contributed by atoms with E-state index in [1.807, 2.05) is 30.3 Å². The van der Waals surface area contributed by atoms with Crippen molar-refractivity contribution in [2.75, 3.05) is 5.73 Å². The molecule has 3 heteroatoms. The van der Waals surface area contributed by atoms with E-state index in [2.05, 4.69) is 54.1 Å². The second-order valence-corrected chi connectivity index (χ2v) is 6.06. The predicted molar refractivity (Wildman–Crippen MR) is 99.8 cm³/mol. The summed E-state index contributed by atoms with van der Waals surface area (Å²) in [4.78, 5) is 4.93. The maximum atomic E-state index is 5.78. The molecule has 0 atom stereocenters. The molecule has 0 bridgehead atoms. The number of rotatable bonds is 3. The molecule has 4 rings (SSSR count). The second-order valence-electron chi connectivity index (χ2n) is 6.06. The summed E-state index contributed by atoms with van der Waals surface area (Å²) < 4.78 is 2.16. The van der Waals surface area contributed by atoms with Crippen LogP contribution in [-0.4, -0.2) is 9.55 Å². The average molecular weight is 313 g/mol. The normalized spacial score (nSPS) is 11.0. The number of benzene rings is 3. The van der Waals surface area contributed by atoms with Crippen molar-refractivity contribution in [3.63, 3.8) is 0 Å². The number of anilines is 1. The van der Waals surface area contributed by atoms with Gasteiger partial charge in [-0.05, 0) is 35.7 Å². The van der Waals surface area contributed by atoms with Crippen LogP contribution in [0.25, 0.3) is 22.4 Å². The number of fused-ring (bicyclic) bond motifs is 1. The number of nitrogens with two attached hydrogens (primary N) is 1. The molecule has 0 saturated heterocycles. The van der Waals surface area contributed by atoms with Gasteiger partial charge >= 0.3 is 0 Å². The summed E-state index contributed by atoms with van der Waals surface area (Å²) >= 11 is 0. The van der Waals surface area contributed by atoms with Gasteiger partial charge in [-0.25, -0.2) is 4.98 Å². The molecule has 0 unspecified atom stereocenters. The summed E-state index contributed by atoms with van der Waals surface area (Å²) in [7, 11) is 2.07. The summed E-state index contributed by atoms with van der Waals surface area (Å²) in [5, 5.41) is 0. The van der Waals surface area contributed by atoms with Crippen LogP contribution in [0, 0.1) is 0 Å². The molecule has 0 saturated carbocycles. The van der Waals surface area contributed by atoms with E-state index in [1.54, 1.807) is 0 Å². The highest BCUT2D eigenvalue weighted by molar-refractivity contribution is 5.83. The topological polar surface area (TPSA) is 43.8 Å². The van der Waals surface area contributed by atoms with Crippen LogP contribution in [0.5, 0.6) is 0 Å². The summed E-state index contributed by atoms with van der Waals surface area (Å²) in [6.45, 7) is 0. The first-order chi connectivity index (χ1) is 11.7. The first kappa shape index (κ1) is 14.5. The molecule has 24 heavy (non-hydrogen) atoms. The molecule has 0 radical (unpaired) electrons. The van der Waals surface area contributed by atoms with E-state index in [0.717, 1.165) is 34.5 Å². The Labute approximate surface area is 141 Å². The van der Waals surface area contributed by atoms with Gasteiger partial charge < -0.3 is 10.3 Å². The first-order valence-corrected chi connectivity index (χ1v) is 8.06. The number of aromatic nitrogens is 2. The van der Waals surface area contributed by atoms with Gasteiger partial charge in [0.15, 0.2) is 0 Å². The Morgan fingerprint density at radius 3 is 2.38 bits per heavy atom. The molecular formula is C21H19N3. The number of hydrogen-bond donors (Lipinski definition) is 1. The van der Waals surface area contributed by atoms with Gasteiger partial charge in [0.1, 0.15) is 5.82 Å². The lowest BCUT2D eigenvalue weighted by atomic mass is 10.0. The van der Waals surface area contributed by atoms with Crippen molar-refractivity contribution >= 4 is 16.7 Å². The van der Waals surface area contributed by atoms with Crippen LogP contribution in [0.2, 0.25) is 0 Å². The van der Waals surface area contributed by atoms with Crippen molar-refractivity contribution < 1.29 is 0 Å². The highest BCUT2D eigenvalue weighted by Crippen LogP contribution is 2.27. The fourth-order valence-electron chi connectivity index (χ4n) is 3.12. The lowest BCUT2D eigenvalue weighted by Gasteiger charge is -2.04. The van der Waals surface area contributed by atoms with Gasteiger partial charge in [0.2, 0.25) is 0 Å². The Morgan fingerprint density at radius 2 is 1.62 bits per heavy atom. The number of hydrogen-bond acceptors (Lipinski definition) is 2. The Bertz CT molecular complexity index is 983. The minimum absolute atomic E-state index is 0.793. The van der Waals surface area contributed by atoms with Gasteiger partial charge in [0.05, 0.1) is 11.0 Å². The quantitative estimate of drug-likeness (QED) is 0.569. The molecule has 1 aromatic heterocycles. The van der Waals surface area contributed by atoms with Crippen LogP contribution >= 0.6 is 0 Å². The number of para-hydroxylation sites is 1. The molecule has 0 aliphatic rings. The van der Waals surface area contributed by atoms with E-state index in [0.29, 0.717) is 0 Å². The molecular weight excluding hydrogens is 294 g/mol. The third kappa shape index (κ3) is 2.54. The molecule has 1 heterocycles. The smallest absolute Gasteiger partial charge is 0.140 e. The van der Waals surface area contributed by atoms with E-state index >= 15 is 0 Å². The molecule has 2 N–H and O–H groups in total. The molecule has 0 fully saturated rings. The Kier molecular flexibility index (Phi) is 3.54. The van der Waals surface area contributed by atoms with Gasteiger partial charge in [0, 0.05) is 18.3 Å². The van der Waals surface area contributed by atoms with Gasteiger partial charge in [-0.1, -0.05) is 54.6 Å². The van der Waals surface area contributed by atoms with Crippen molar-refractivity contribution in [3.05, 3.63) is 83.9 Å². The summed E-state index contributed by atoms with van der Waals surface area (Å²) in [5.41, 5.74) is 12.4. The molecule has 4 aromatic rings. The molecule has 118 valence electrons. The van der Waals surface area contributed by atoms with E-state index in [-0.39, 0.29) is 0 Å². The monoisotopic (exact) mass is 313 g/mol. The van der Waals surface area contributed by atoms with Crippen LogP contribution < -0.4 is 5.73 Å². The zero-order valence-electron chi connectivity index (χ0n) is 13.6. The minimum Gasteiger partial charge on any atom is -0.399 e. The first-order valence-electron chi connectivity index (χ1n) is 8.06. The van der Waals surface area contributed by atoms with Crippen molar-refractivity contribution in [3.8, 4) is 11.4 Å². The zero-order chi connectivity index (χ0) is 16.5. The van der Waals surface area contributed by atoms with E-state index < -0.39 is 0 Å². The molecule has 0 aliphatic heterocycles. The number of aryl methyl sites for hydroxylation is 1. The molecule has 0 amide bonds. The fourth-order valence-corrected chi connectivity index (χ4v) is 3.12. The third-order valence-electron chi connectivity index (χ3n) is 4.40. The fraction of sp³-hybridized carbons (Fsp3) is 0.0952. The van der Waals surface area contributed by atoms with Crippen LogP contribution in [0.4, 0.5) is 5.69 Å². The van der Waals surface area contributed by atoms with Crippen molar-refractivity contribution in [1.82, 2.24) is 9.55 Å². The highest BCUT2D eigenvalue weighted by atomic mass is 15.1. The number of nitrogens with zero attached hydrogens (tertiary/aromatic N) is 2. The maximum Gasteiger partial charge on any atom is 0.140 e. The number of imidazole rings is 1. The predicted octanol–water partition coefficient (Wildman–Crippen LogP) is 4.41. The lowest BCUT2D eigenvalue weighted by Crippen LogP contribution is -1.92. The summed E-state index contributed by atoms with van der Waals surface area (Å²) in [6, 6.07) is 24.7. The zero-order valence-corrected chi connectivity index (χ0v) is 13.6. The standard InChI is InChI=1S/C21H19N3/c1-24-19-9-5-8-17(14-15-10-12-18(22)13-11-15)20(19)23-21(24)16-6-3-2-4-7-16/h2-13H,14,22H2,1H3. The molecule has 0 aliphatic carbocycles. The molecule has 3 nitrogen and oxygen atoms in total. The van der Waals surface area contributed by atoms with Crippen molar-refractivity contribution in [2.24, 2.45) is 7.05 Å². The van der Waals surface area contributed by atoms with E-state index in [1.165, 1.54) is 11.1 Å². The second kappa shape index (κ2) is 5.85. The van der Waals surface area contributed by atoms with Crippen molar-refractivity contribution in [2.45, 2.75) is 6.42 Å². The number of nitrogen functional groups attached to an aromatic ring is 1. The summed E-state index contributed by atoms with van der Waals surface area (Å²) in [5.74, 6) is 0.996. The Hall–Kier alpha value is -3.07. The van der Waals surface area contributed by atoms with Crippen molar-refractivity contribution in [1.29, 1.82) is 0 Å². The Morgan fingerprint density at radius 1 is 0.875 bits per heavy atom. The minimum atomic E-state index is 0.793. The highest BCUT2D eigenvalue weighted by Gasteiger charge is 2.12. The average Bonchev–Trinajstić information content (AvgIpc) is 2.96. The summed E-state index contributed by atoms with van der Waals surface area (Å²) in [6.07, 6.45) is 0.850. The van der Waals surface area contributed by atoms with E-state index in [9.17, 15) is 0 Å². The third-order valence-corrected chi connectivity index (χ3v) is 4.40. The Balaban J connectivity index is 1.81. The van der Waals surface area contributed by atoms with Crippen LogP contribution in [0.15, 0.2) is 72.8 Å². The van der Waals surface area contributed by atoms with E-state index in [4.69, 9.17) is 10.7 Å². The van der Waals surface area contributed by atoms with Crippen LogP contribution in [0.1, 0.15) is 11.1 Å². The SMILES string of the molecule is Cn1c(-c2ccccc2)nc2c(Cc3ccc(N)cc3)cccc21. The van der Waals surface area contributed by atoms with Gasteiger partial charge in [-0.15, -0.1) is 0 Å². The van der Waals surface area contributed by atoms with Crippen LogP contribution in [0.3, 0.4) is 0 Å². The largest absolute Gasteiger partial charge is 0.399 e. The van der Waals surface area contributed by atoms with Crippen LogP contribution in [-0.2, 0) is 13.5 Å². The molecule has 0 spiro atoms.